The second-order valence-corrected chi connectivity index (χ2v) is 2.07. The van der Waals surface area contributed by atoms with Gasteiger partial charge in [-0.3, -0.25) is 0 Å². The van der Waals surface area contributed by atoms with Crippen LogP contribution < -0.4 is 0 Å². The van der Waals surface area contributed by atoms with E-state index in [1.54, 1.807) is 0 Å². The van der Waals surface area contributed by atoms with Crippen molar-refractivity contribution in [2.75, 3.05) is 12.2 Å². The third-order valence-corrected chi connectivity index (χ3v) is 0.498. The second kappa shape index (κ2) is 2.50. The minimum absolute atomic E-state index is 0.472. The fourth-order valence-electron chi connectivity index (χ4n) is 0. The van der Waals surface area contributed by atoms with Crippen LogP contribution in [0, 0.1) is 0 Å². The van der Waals surface area contributed by atoms with Crippen molar-refractivity contribution in [3.05, 3.63) is 0 Å². The molecule has 1 unspecified atom stereocenters. The maximum atomic E-state index is 9.61. The quantitative estimate of drug-likeness (QED) is 0.412. The first kappa shape index (κ1) is 5.27. The number of hydrogen-bond donors (Lipinski definition) is 0. The Bertz CT molecular complexity index is 21.6. The summed E-state index contributed by atoms with van der Waals surface area (Å²) >= 11 is -1.13. The summed E-state index contributed by atoms with van der Waals surface area (Å²) in [5.41, 5.74) is 0. The normalized spacial score (nSPS) is 15.0. The van der Waals surface area contributed by atoms with Crippen LogP contribution in [0.3, 0.4) is 0 Å². The standard InChI is InChI=1S/C2H5O2S/c1-5(4)2-3/h2H2,1H3. The molecule has 0 bridgehead atoms. The Kier molecular flexibility index (Phi) is 2.64. The lowest BCUT2D eigenvalue weighted by molar-refractivity contribution is 0.251. The topological polar surface area (TPSA) is 43.0 Å². The first-order valence-electron chi connectivity index (χ1n) is 1.15. The zero-order chi connectivity index (χ0) is 4.28. The average Bonchev–Trinajstić information content (AvgIpc) is 1.38. The summed E-state index contributed by atoms with van der Waals surface area (Å²) in [5, 5.41) is 9.33. The van der Waals surface area contributed by atoms with E-state index >= 15 is 0 Å². The van der Waals surface area contributed by atoms with E-state index in [4.69, 9.17) is 0 Å². The van der Waals surface area contributed by atoms with Crippen LogP contribution in [0.15, 0.2) is 0 Å². The predicted octanol–water partition coefficient (Wildman–Crippen LogP) is -0.247. The first-order valence-corrected chi connectivity index (χ1v) is 2.88. The Balaban J connectivity index is 2.54. The third-order valence-electron chi connectivity index (χ3n) is 0.166. The van der Waals surface area contributed by atoms with Gasteiger partial charge in [0.2, 0.25) is 5.94 Å². The molecule has 0 aliphatic heterocycles. The van der Waals surface area contributed by atoms with Gasteiger partial charge in [0.1, 0.15) is 0 Å². The van der Waals surface area contributed by atoms with Gasteiger partial charge >= 0.3 is 0 Å². The van der Waals surface area contributed by atoms with Gasteiger partial charge in [-0.25, -0.2) is 0 Å². The molecule has 0 heterocycles. The van der Waals surface area contributed by atoms with Crippen molar-refractivity contribution >= 4 is 11.2 Å². The largest absolute Gasteiger partial charge is 0.615 e. The summed E-state index contributed by atoms with van der Waals surface area (Å²) in [7, 11) is 0. The molecule has 1 radical (unpaired) electrons. The Morgan fingerprint density at radius 1 is 2.00 bits per heavy atom. The number of hydrogen-bond acceptors (Lipinski definition) is 1. The molecule has 0 saturated heterocycles. The van der Waals surface area contributed by atoms with Crippen molar-refractivity contribution in [3.63, 3.8) is 0 Å². The Morgan fingerprint density at radius 2 is 2.20 bits per heavy atom. The van der Waals surface area contributed by atoms with E-state index in [1.165, 1.54) is 6.26 Å². The number of rotatable bonds is 1. The SMILES string of the molecule is C[S+]([O-])C[O]. The Hall–Kier alpha value is 0.270. The second-order valence-electron chi connectivity index (χ2n) is 0.691. The minimum Gasteiger partial charge on any atom is -0.615 e. The van der Waals surface area contributed by atoms with Crippen LogP contribution in [0.5, 0.6) is 0 Å². The molecular formula is C2H5O2S. The van der Waals surface area contributed by atoms with Crippen LogP contribution >= 0.6 is 0 Å². The summed E-state index contributed by atoms with van der Waals surface area (Å²) in [6.07, 6.45) is 1.38. The van der Waals surface area contributed by atoms with Crippen LogP contribution in [0.2, 0.25) is 0 Å². The molecular weight excluding hydrogens is 88.1 g/mol. The highest BCUT2D eigenvalue weighted by Gasteiger charge is 1.85. The van der Waals surface area contributed by atoms with Crippen LogP contribution in [-0.2, 0) is 16.3 Å². The molecule has 0 rings (SSSR count). The van der Waals surface area contributed by atoms with Gasteiger partial charge in [0.05, 0.1) is 6.26 Å². The van der Waals surface area contributed by atoms with E-state index < -0.39 is 17.1 Å². The summed E-state index contributed by atoms with van der Waals surface area (Å²) in [6, 6.07) is 0. The molecule has 0 aliphatic carbocycles. The van der Waals surface area contributed by atoms with Gasteiger partial charge < -0.3 is 4.55 Å². The van der Waals surface area contributed by atoms with Crippen LogP contribution in [0.1, 0.15) is 0 Å². The molecule has 0 fully saturated rings. The van der Waals surface area contributed by atoms with Gasteiger partial charge in [-0.1, -0.05) is 0 Å². The minimum atomic E-state index is -1.13. The fourth-order valence-corrected chi connectivity index (χ4v) is 0. The predicted molar refractivity (Wildman–Crippen MR) is 19.6 cm³/mol. The average molecular weight is 93.1 g/mol. The molecule has 2 nitrogen and oxygen atoms in total. The summed E-state index contributed by atoms with van der Waals surface area (Å²) in [5.74, 6) is -0.472. The maximum absolute atomic E-state index is 9.61. The molecule has 0 saturated carbocycles. The monoisotopic (exact) mass is 93.0 g/mol. The van der Waals surface area contributed by atoms with E-state index in [-0.39, 0.29) is 0 Å². The highest BCUT2D eigenvalue weighted by atomic mass is 32.2. The molecule has 0 amide bonds. The summed E-state index contributed by atoms with van der Waals surface area (Å²) in [4.78, 5) is 0. The maximum Gasteiger partial charge on any atom is 0.236 e. The van der Waals surface area contributed by atoms with Crippen molar-refractivity contribution in [2.45, 2.75) is 0 Å². The first-order chi connectivity index (χ1) is 2.27. The van der Waals surface area contributed by atoms with Crippen LogP contribution in [0.4, 0.5) is 0 Å². The van der Waals surface area contributed by atoms with Gasteiger partial charge in [-0.15, -0.1) is 0 Å². The summed E-state index contributed by atoms with van der Waals surface area (Å²) < 4.78 is 9.61. The van der Waals surface area contributed by atoms with Gasteiger partial charge in [-0.2, -0.15) is 5.11 Å². The molecule has 0 aromatic carbocycles. The molecule has 1 atom stereocenters. The molecule has 0 spiro atoms. The van der Waals surface area contributed by atoms with E-state index in [2.05, 4.69) is 0 Å². The van der Waals surface area contributed by atoms with Gasteiger partial charge in [0, 0.05) is 0 Å². The van der Waals surface area contributed by atoms with E-state index in [0.29, 0.717) is 0 Å². The van der Waals surface area contributed by atoms with E-state index in [1.807, 2.05) is 0 Å². The smallest absolute Gasteiger partial charge is 0.236 e. The molecule has 3 heteroatoms. The fraction of sp³-hybridized carbons (Fsp3) is 1.00. The summed E-state index contributed by atoms with van der Waals surface area (Å²) in [6.45, 7) is 0. The molecule has 5 heavy (non-hydrogen) atoms. The molecule has 0 aliphatic rings. The lowest BCUT2D eigenvalue weighted by Crippen LogP contribution is -1.98. The molecule has 31 valence electrons. The van der Waals surface area contributed by atoms with Crippen molar-refractivity contribution in [1.29, 1.82) is 0 Å². The zero-order valence-electron chi connectivity index (χ0n) is 2.93. The van der Waals surface area contributed by atoms with Crippen LogP contribution in [-0.4, -0.2) is 16.7 Å². The highest BCUT2D eigenvalue weighted by molar-refractivity contribution is 7.90. The Labute approximate surface area is 34.0 Å². The third kappa shape index (κ3) is 4.27. The highest BCUT2D eigenvalue weighted by Crippen LogP contribution is 1.73. The van der Waals surface area contributed by atoms with Gasteiger partial charge in [-0.05, 0) is 11.2 Å². The van der Waals surface area contributed by atoms with Crippen molar-refractivity contribution < 1.29 is 9.66 Å². The van der Waals surface area contributed by atoms with Crippen molar-refractivity contribution in [3.8, 4) is 0 Å². The zero-order valence-corrected chi connectivity index (χ0v) is 3.75. The van der Waals surface area contributed by atoms with E-state index in [9.17, 15) is 9.66 Å². The van der Waals surface area contributed by atoms with Crippen molar-refractivity contribution in [2.24, 2.45) is 0 Å². The molecule has 0 aromatic rings. The van der Waals surface area contributed by atoms with Crippen molar-refractivity contribution in [1.82, 2.24) is 0 Å². The van der Waals surface area contributed by atoms with E-state index in [0.717, 1.165) is 0 Å². The lowest BCUT2D eigenvalue weighted by Gasteiger charge is -1.92. The van der Waals surface area contributed by atoms with Gasteiger partial charge in [0.25, 0.3) is 0 Å². The van der Waals surface area contributed by atoms with Gasteiger partial charge in [0.15, 0.2) is 0 Å². The lowest BCUT2D eigenvalue weighted by atomic mass is 11.7. The molecule has 0 N–H and O–H groups in total. The Morgan fingerprint density at radius 3 is 2.20 bits per heavy atom. The molecule has 0 aromatic heterocycles. The van der Waals surface area contributed by atoms with Crippen LogP contribution in [0.25, 0.3) is 0 Å².